The molecule has 11 nitrogen and oxygen atoms in total. The van der Waals surface area contributed by atoms with E-state index in [4.69, 9.17) is 24.7 Å². The predicted octanol–water partition coefficient (Wildman–Crippen LogP) is 1.51. The summed E-state index contributed by atoms with van der Waals surface area (Å²) in [4.78, 5) is 16.5. The molecule has 2 saturated heterocycles. The van der Waals surface area contributed by atoms with Gasteiger partial charge >= 0.3 is 5.97 Å². The lowest BCUT2D eigenvalue weighted by molar-refractivity contribution is -0.204. The smallest absolute Gasteiger partial charge is 0.342 e. The summed E-state index contributed by atoms with van der Waals surface area (Å²) in [6.45, 7) is 2.87. The van der Waals surface area contributed by atoms with Crippen LogP contribution in [0.1, 0.15) is 31.3 Å². The Morgan fingerprint density at radius 3 is 2.88 bits per heavy atom. The third-order valence-electron chi connectivity index (χ3n) is 5.54. The van der Waals surface area contributed by atoms with Gasteiger partial charge in [0, 0.05) is 0 Å². The number of hydrogen-bond donors (Lipinski definition) is 2. The highest BCUT2D eigenvalue weighted by atomic mass is 16.8. The van der Waals surface area contributed by atoms with E-state index in [0.717, 1.165) is 0 Å². The van der Waals surface area contributed by atoms with Gasteiger partial charge < -0.3 is 29.8 Å². The lowest BCUT2D eigenvalue weighted by Crippen LogP contribution is -2.40. The molecule has 0 aliphatic carbocycles. The molecule has 33 heavy (non-hydrogen) atoms. The molecule has 5 rings (SSSR count). The number of ether oxygens (including phenoxy) is 4. The molecule has 0 radical (unpaired) electrons. The topological polar surface area (TPSA) is 154 Å². The molecule has 0 amide bonds. The van der Waals surface area contributed by atoms with Crippen LogP contribution < -0.4 is 5.73 Å². The lowest BCUT2D eigenvalue weighted by atomic mass is 9.92. The summed E-state index contributed by atoms with van der Waals surface area (Å²) in [6.07, 6.45) is -2.95. The molecular formula is C22H21N5O6. The van der Waals surface area contributed by atoms with E-state index in [1.807, 2.05) is 0 Å². The molecule has 2 aliphatic heterocycles. The quantitative estimate of drug-likeness (QED) is 0.557. The van der Waals surface area contributed by atoms with Crippen LogP contribution >= 0.6 is 0 Å². The summed E-state index contributed by atoms with van der Waals surface area (Å²) in [5.41, 5.74) is 4.51. The summed E-state index contributed by atoms with van der Waals surface area (Å²) in [6, 6.07) is 11.2. The number of rotatable bonds is 4. The molecule has 0 unspecified atom stereocenters. The highest BCUT2D eigenvalue weighted by Gasteiger charge is 2.65. The molecule has 3 N–H and O–H groups in total. The number of esters is 1. The molecule has 0 bridgehead atoms. The summed E-state index contributed by atoms with van der Waals surface area (Å²) >= 11 is 0. The highest BCUT2D eigenvalue weighted by molar-refractivity contribution is 5.92. The molecule has 11 heteroatoms. The second-order valence-corrected chi connectivity index (χ2v) is 8.13. The second kappa shape index (κ2) is 7.41. The van der Waals surface area contributed by atoms with Gasteiger partial charge in [0.2, 0.25) is 5.60 Å². The number of nitrogen functional groups attached to an aromatic ring is 1. The van der Waals surface area contributed by atoms with E-state index in [1.165, 1.54) is 23.0 Å². The normalized spacial score (nSPS) is 30.5. The molecule has 2 fully saturated rings. The Hall–Kier alpha value is -3.72. The monoisotopic (exact) mass is 452 g/mol. The second-order valence-electron chi connectivity index (χ2n) is 8.13. The summed E-state index contributed by atoms with van der Waals surface area (Å²) < 4.78 is 33.9. The van der Waals surface area contributed by atoms with Crippen molar-refractivity contribution >= 4 is 17.3 Å². The first kappa shape index (κ1) is 19.9. The fourth-order valence-corrected chi connectivity index (χ4v) is 4.12. The maximum atomic E-state index is 12.5. The van der Waals surface area contributed by atoms with Crippen molar-refractivity contribution in [2.45, 2.75) is 43.5 Å². The molecular weight excluding hydrogens is 430 g/mol. The Morgan fingerprint density at radius 2 is 2.12 bits per heavy atom. The Kier molecular flexibility index (Phi) is 4.48. The van der Waals surface area contributed by atoms with E-state index in [-0.39, 0.29) is 29.4 Å². The van der Waals surface area contributed by atoms with Crippen LogP contribution in [0.25, 0.3) is 5.52 Å². The SMILES string of the molecule is [2H][C@@]12OC(C)(C)O[C@@H]1[C@@H](COC(=O)c1ccccc1O)O[C@@]2(C#N)c1ccc2c(N)ncnn12. The molecule has 4 heterocycles. The van der Waals surface area contributed by atoms with Gasteiger partial charge in [0.1, 0.15) is 54.1 Å². The zero-order valence-corrected chi connectivity index (χ0v) is 17.8. The predicted molar refractivity (Wildman–Crippen MR) is 112 cm³/mol. The molecule has 3 aromatic rings. The van der Waals surface area contributed by atoms with Gasteiger partial charge in [-0.1, -0.05) is 12.1 Å². The van der Waals surface area contributed by atoms with Crippen molar-refractivity contribution in [2.24, 2.45) is 0 Å². The van der Waals surface area contributed by atoms with Gasteiger partial charge in [0.15, 0.2) is 11.6 Å². The van der Waals surface area contributed by atoms with E-state index in [2.05, 4.69) is 16.2 Å². The molecule has 0 saturated carbocycles. The maximum Gasteiger partial charge on any atom is 0.342 e. The number of aromatic nitrogens is 3. The number of nitriles is 1. The van der Waals surface area contributed by atoms with Crippen molar-refractivity contribution in [1.82, 2.24) is 14.6 Å². The molecule has 170 valence electrons. The van der Waals surface area contributed by atoms with Gasteiger partial charge in [0.05, 0.1) is 7.06 Å². The van der Waals surface area contributed by atoms with Gasteiger partial charge in [-0.05, 0) is 38.1 Å². The Morgan fingerprint density at radius 1 is 1.33 bits per heavy atom. The largest absolute Gasteiger partial charge is 0.507 e. The number of anilines is 1. The molecule has 2 aliphatic rings. The van der Waals surface area contributed by atoms with Crippen LogP contribution in [0, 0.1) is 11.3 Å². The van der Waals surface area contributed by atoms with Crippen molar-refractivity contribution in [2.75, 3.05) is 12.3 Å². The number of phenols is 1. The van der Waals surface area contributed by atoms with Crippen LogP contribution in [0.15, 0.2) is 42.7 Å². The number of phenolic OH excluding ortho intramolecular Hbond substituents is 1. The minimum atomic E-state index is -2.04. The van der Waals surface area contributed by atoms with Crippen molar-refractivity contribution < 1.29 is 30.2 Å². The Balaban J connectivity index is 1.53. The number of fused-ring (bicyclic) bond motifs is 2. The number of aromatic hydroxyl groups is 1. The van der Waals surface area contributed by atoms with E-state index in [1.54, 1.807) is 38.1 Å². The van der Waals surface area contributed by atoms with Crippen LogP contribution in [-0.2, 0) is 24.5 Å². The average Bonchev–Trinajstić information content (AvgIpc) is 3.40. The first-order valence-corrected chi connectivity index (χ1v) is 10.1. The van der Waals surface area contributed by atoms with Crippen molar-refractivity contribution in [3.8, 4) is 11.8 Å². The number of nitrogens with zero attached hydrogens (tertiary/aromatic N) is 4. The molecule has 4 atom stereocenters. The standard InChI is InChI=1S/C22H21N5O6/c1-21(2)32-17-15(9-30-20(29)12-5-3-4-6-14(12)28)31-22(10-23,18(17)33-21)16-8-7-13-19(24)25-11-26-27(13)16/h3-8,11,15,17-18,28H,9H2,1-2H3,(H2,24,25,26)/t15-,17-,18-,22+/m1/s1/i18D. The van der Waals surface area contributed by atoms with Crippen LogP contribution in [0.5, 0.6) is 5.75 Å². The Bertz CT molecular complexity index is 1340. The zero-order valence-electron chi connectivity index (χ0n) is 18.8. The minimum absolute atomic E-state index is 0.0298. The van der Waals surface area contributed by atoms with E-state index >= 15 is 0 Å². The third kappa shape index (κ3) is 3.27. The Labute approximate surface area is 189 Å². The summed E-state index contributed by atoms with van der Waals surface area (Å²) in [7, 11) is 0. The first-order chi connectivity index (χ1) is 16.1. The van der Waals surface area contributed by atoms with E-state index in [0.29, 0.717) is 5.52 Å². The fraction of sp³-hybridized carbons (Fsp3) is 0.364. The van der Waals surface area contributed by atoms with E-state index < -0.39 is 35.6 Å². The number of benzene rings is 1. The van der Waals surface area contributed by atoms with E-state index in [9.17, 15) is 16.5 Å². The average molecular weight is 452 g/mol. The van der Waals surface area contributed by atoms with Gasteiger partial charge in [0.25, 0.3) is 0 Å². The van der Waals surface area contributed by atoms with Crippen LogP contribution in [0.3, 0.4) is 0 Å². The zero-order chi connectivity index (χ0) is 24.3. The number of para-hydroxylation sites is 1. The minimum Gasteiger partial charge on any atom is -0.507 e. The summed E-state index contributed by atoms with van der Waals surface area (Å²) in [5, 5.41) is 24.4. The maximum absolute atomic E-state index is 12.5. The van der Waals surface area contributed by atoms with Crippen molar-refractivity contribution in [3.63, 3.8) is 0 Å². The van der Waals surface area contributed by atoms with Gasteiger partial charge in [-0.3, -0.25) is 0 Å². The summed E-state index contributed by atoms with van der Waals surface area (Å²) in [5.74, 6) is -2.07. The molecule has 1 aromatic carbocycles. The number of nitrogens with two attached hydrogens (primary N) is 1. The van der Waals surface area contributed by atoms with Crippen LogP contribution in [0.2, 0.25) is 0 Å². The van der Waals surface area contributed by atoms with Crippen molar-refractivity contribution in [3.05, 3.63) is 54.0 Å². The number of carbonyl (C=O) groups is 1. The lowest BCUT2D eigenvalue weighted by Gasteiger charge is -2.28. The molecule has 2 aromatic heterocycles. The molecule has 0 spiro atoms. The first-order valence-electron chi connectivity index (χ1n) is 10.6. The highest BCUT2D eigenvalue weighted by Crippen LogP contribution is 2.49. The van der Waals surface area contributed by atoms with Crippen molar-refractivity contribution in [1.29, 1.82) is 5.26 Å². The third-order valence-corrected chi connectivity index (χ3v) is 5.54. The van der Waals surface area contributed by atoms with Gasteiger partial charge in [-0.2, -0.15) is 10.4 Å². The number of carbonyl (C=O) groups excluding carboxylic acids is 1. The van der Waals surface area contributed by atoms with Gasteiger partial charge in [-0.25, -0.2) is 14.3 Å². The van der Waals surface area contributed by atoms with Gasteiger partial charge in [-0.15, -0.1) is 0 Å². The van der Waals surface area contributed by atoms with Crippen LogP contribution in [-0.4, -0.2) is 56.4 Å². The number of hydrogen-bond acceptors (Lipinski definition) is 10. The van der Waals surface area contributed by atoms with Crippen LogP contribution in [0.4, 0.5) is 5.82 Å². The fourth-order valence-electron chi connectivity index (χ4n) is 4.12.